The quantitative estimate of drug-likeness (QED) is 0.764. The number of para-hydroxylation sites is 2. The Balaban J connectivity index is 1.84. The van der Waals surface area contributed by atoms with Crippen LogP contribution in [0.25, 0.3) is 0 Å². The van der Waals surface area contributed by atoms with Crippen molar-refractivity contribution in [1.82, 2.24) is 5.32 Å². The van der Waals surface area contributed by atoms with Crippen molar-refractivity contribution >= 4 is 21.8 Å². The molecule has 116 valence electrons. The van der Waals surface area contributed by atoms with E-state index in [9.17, 15) is 4.79 Å². The number of fused-ring (bicyclic) bond motifs is 1. The van der Waals surface area contributed by atoms with Gasteiger partial charge in [-0.15, -0.1) is 0 Å². The molecule has 0 saturated carbocycles. The Morgan fingerprint density at radius 2 is 2.14 bits per heavy atom. The average molecular weight is 356 g/mol. The maximum Gasteiger partial charge on any atom is 0.264 e. The minimum absolute atomic E-state index is 0.0971. The molecule has 1 amide bonds. The zero-order valence-electron chi connectivity index (χ0n) is 12.3. The van der Waals surface area contributed by atoms with Crippen LogP contribution in [-0.4, -0.2) is 30.5 Å². The minimum Gasteiger partial charge on any atom is -0.485 e. The van der Waals surface area contributed by atoms with Gasteiger partial charge in [-0.05, 0) is 30.9 Å². The molecule has 2 rings (SSSR count). The van der Waals surface area contributed by atoms with E-state index in [1.165, 1.54) is 0 Å². The number of carbonyl (C=O) groups excluding carboxylic acids is 1. The van der Waals surface area contributed by atoms with E-state index in [1.807, 2.05) is 24.3 Å². The first-order valence-electron chi connectivity index (χ1n) is 7.46. The molecule has 0 radical (unpaired) electrons. The molecule has 1 heterocycles. The van der Waals surface area contributed by atoms with E-state index in [0.29, 0.717) is 24.0 Å². The lowest BCUT2D eigenvalue weighted by atomic mass is 10.0. The number of ether oxygens (including phenoxy) is 2. The Hall–Kier alpha value is -1.23. The monoisotopic (exact) mass is 355 g/mol. The van der Waals surface area contributed by atoms with Crippen molar-refractivity contribution < 1.29 is 14.3 Å². The van der Waals surface area contributed by atoms with Gasteiger partial charge in [-0.1, -0.05) is 41.4 Å². The Labute approximate surface area is 134 Å². The molecule has 2 unspecified atom stereocenters. The van der Waals surface area contributed by atoms with Crippen molar-refractivity contribution in [3.05, 3.63) is 24.3 Å². The zero-order valence-corrected chi connectivity index (χ0v) is 13.9. The van der Waals surface area contributed by atoms with Crippen molar-refractivity contribution in [1.29, 1.82) is 0 Å². The Kier molecular flexibility index (Phi) is 6.36. The van der Waals surface area contributed by atoms with Gasteiger partial charge in [-0.3, -0.25) is 4.79 Å². The van der Waals surface area contributed by atoms with Crippen LogP contribution in [0.15, 0.2) is 24.3 Å². The maximum absolute atomic E-state index is 12.2. The summed E-state index contributed by atoms with van der Waals surface area (Å²) in [7, 11) is 0. The van der Waals surface area contributed by atoms with Gasteiger partial charge in [0.15, 0.2) is 11.5 Å². The van der Waals surface area contributed by atoms with Crippen molar-refractivity contribution in [3.8, 4) is 11.5 Å². The number of rotatable bonds is 7. The van der Waals surface area contributed by atoms with E-state index in [-0.39, 0.29) is 12.5 Å². The molecule has 1 aromatic carbocycles. The fraction of sp³-hybridized carbons (Fsp3) is 0.562. The van der Waals surface area contributed by atoms with Gasteiger partial charge < -0.3 is 14.8 Å². The zero-order chi connectivity index (χ0) is 15.1. The van der Waals surface area contributed by atoms with Crippen LogP contribution in [0.5, 0.6) is 11.5 Å². The molecule has 5 heteroatoms. The largest absolute Gasteiger partial charge is 0.485 e. The van der Waals surface area contributed by atoms with Crippen LogP contribution in [0.4, 0.5) is 0 Å². The third-order valence-electron chi connectivity index (χ3n) is 3.58. The normalized spacial score (nSPS) is 18.1. The first kappa shape index (κ1) is 16.1. The molecule has 0 aliphatic carbocycles. The third kappa shape index (κ3) is 4.63. The third-order valence-corrected chi connectivity index (χ3v) is 4.04. The number of carbonyl (C=O) groups is 1. The standard InChI is InChI=1S/C16H22BrNO3/c1-2-5-12(8-9-17)10-18-16(19)15-11-20-13-6-3-4-7-14(13)21-15/h3-4,6-7,12,15H,2,5,8-11H2,1H3,(H,18,19). The summed E-state index contributed by atoms with van der Waals surface area (Å²) in [6.07, 6.45) is 2.76. The van der Waals surface area contributed by atoms with Crippen molar-refractivity contribution in [2.24, 2.45) is 5.92 Å². The summed E-state index contributed by atoms with van der Waals surface area (Å²) in [5.41, 5.74) is 0. The number of hydrogen-bond donors (Lipinski definition) is 1. The molecule has 0 fully saturated rings. The van der Waals surface area contributed by atoms with Gasteiger partial charge in [0, 0.05) is 11.9 Å². The van der Waals surface area contributed by atoms with Crippen LogP contribution < -0.4 is 14.8 Å². The number of nitrogens with one attached hydrogen (secondary N) is 1. The van der Waals surface area contributed by atoms with Gasteiger partial charge in [0.2, 0.25) is 6.10 Å². The van der Waals surface area contributed by atoms with E-state index >= 15 is 0 Å². The molecule has 1 N–H and O–H groups in total. The predicted octanol–water partition coefficient (Wildman–Crippen LogP) is 3.14. The van der Waals surface area contributed by atoms with Crippen LogP contribution in [0.3, 0.4) is 0 Å². The van der Waals surface area contributed by atoms with E-state index in [0.717, 1.165) is 24.6 Å². The maximum atomic E-state index is 12.2. The Bertz CT molecular complexity index is 461. The van der Waals surface area contributed by atoms with Gasteiger partial charge >= 0.3 is 0 Å². The first-order valence-corrected chi connectivity index (χ1v) is 8.59. The van der Waals surface area contributed by atoms with Gasteiger partial charge in [0.25, 0.3) is 5.91 Å². The van der Waals surface area contributed by atoms with E-state index < -0.39 is 6.10 Å². The molecule has 0 saturated heterocycles. The molecule has 2 atom stereocenters. The molecule has 0 aromatic heterocycles. The Morgan fingerprint density at radius 1 is 1.38 bits per heavy atom. The average Bonchev–Trinajstić information content (AvgIpc) is 2.52. The van der Waals surface area contributed by atoms with Crippen LogP contribution in [0, 0.1) is 5.92 Å². The van der Waals surface area contributed by atoms with Gasteiger partial charge in [-0.25, -0.2) is 0 Å². The Morgan fingerprint density at radius 3 is 2.86 bits per heavy atom. The first-order chi connectivity index (χ1) is 10.2. The lowest BCUT2D eigenvalue weighted by Gasteiger charge is -2.26. The van der Waals surface area contributed by atoms with Crippen LogP contribution in [-0.2, 0) is 4.79 Å². The number of amides is 1. The number of halogens is 1. The molecule has 0 spiro atoms. The molecular formula is C16H22BrNO3. The summed E-state index contributed by atoms with van der Waals surface area (Å²) in [6.45, 7) is 3.12. The smallest absolute Gasteiger partial charge is 0.264 e. The highest BCUT2D eigenvalue weighted by atomic mass is 79.9. The summed E-state index contributed by atoms with van der Waals surface area (Å²) >= 11 is 3.46. The second kappa shape index (κ2) is 8.27. The molecule has 4 nitrogen and oxygen atoms in total. The van der Waals surface area contributed by atoms with Crippen molar-refractivity contribution in [2.75, 3.05) is 18.5 Å². The van der Waals surface area contributed by atoms with E-state index in [4.69, 9.17) is 9.47 Å². The fourth-order valence-electron chi connectivity index (χ4n) is 2.42. The van der Waals surface area contributed by atoms with Crippen molar-refractivity contribution in [2.45, 2.75) is 32.3 Å². The molecule has 0 bridgehead atoms. The second-order valence-electron chi connectivity index (χ2n) is 5.24. The summed E-state index contributed by atoms with van der Waals surface area (Å²) in [5, 5.41) is 3.95. The highest BCUT2D eigenvalue weighted by Crippen LogP contribution is 2.30. The number of hydrogen-bond acceptors (Lipinski definition) is 3. The van der Waals surface area contributed by atoms with Crippen LogP contribution in [0.2, 0.25) is 0 Å². The van der Waals surface area contributed by atoms with Crippen LogP contribution in [0.1, 0.15) is 26.2 Å². The highest BCUT2D eigenvalue weighted by molar-refractivity contribution is 9.09. The van der Waals surface area contributed by atoms with Gasteiger partial charge in [-0.2, -0.15) is 0 Å². The van der Waals surface area contributed by atoms with E-state index in [2.05, 4.69) is 28.2 Å². The highest BCUT2D eigenvalue weighted by Gasteiger charge is 2.27. The molecular weight excluding hydrogens is 334 g/mol. The topological polar surface area (TPSA) is 47.6 Å². The summed E-state index contributed by atoms with van der Waals surface area (Å²) in [4.78, 5) is 12.2. The molecule has 1 aliphatic rings. The summed E-state index contributed by atoms with van der Waals surface area (Å²) < 4.78 is 11.3. The summed E-state index contributed by atoms with van der Waals surface area (Å²) in [5.74, 6) is 1.74. The van der Waals surface area contributed by atoms with Gasteiger partial charge in [0.05, 0.1) is 0 Å². The number of alkyl halides is 1. The number of benzene rings is 1. The van der Waals surface area contributed by atoms with Gasteiger partial charge in [0.1, 0.15) is 6.61 Å². The SMILES string of the molecule is CCCC(CCBr)CNC(=O)C1COc2ccccc2O1. The van der Waals surface area contributed by atoms with Crippen LogP contribution >= 0.6 is 15.9 Å². The fourth-order valence-corrected chi connectivity index (χ4v) is 3.07. The molecule has 21 heavy (non-hydrogen) atoms. The lowest BCUT2D eigenvalue weighted by Crippen LogP contribution is -2.45. The lowest BCUT2D eigenvalue weighted by molar-refractivity contribution is -0.130. The minimum atomic E-state index is -0.564. The summed E-state index contributed by atoms with van der Waals surface area (Å²) in [6, 6.07) is 7.42. The van der Waals surface area contributed by atoms with Crippen molar-refractivity contribution in [3.63, 3.8) is 0 Å². The second-order valence-corrected chi connectivity index (χ2v) is 6.03. The predicted molar refractivity (Wildman–Crippen MR) is 86.2 cm³/mol. The molecule has 1 aromatic rings. The van der Waals surface area contributed by atoms with E-state index in [1.54, 1.807) is 0 Å². The molecule has 1 aliphatic heterocycles.